The van der Waals surface area contributed by atoms with Gasteiger partial charge in [0.15, 0.2) is 14.7 Å². The van der Waals surface area contributed by atoms with Gasteiger partial charge in [0.1, 0.15) is 0 Å². The summed E-state index contributed by atoms with van der Waals surface area (Å²) in [7, 11) is -0.0249. The molecule has 3 aromatic carbocycles. The molecule has 0 unspecified atom stereocenters. The lowest BCUT2D eigenvalue weighted by Gasteiger charge is -2.08. The molecular formula is C21H23S+. The first-order chi connectivity index (χ1) is 10.8. The fourth-order valence-corrected chi connectivity index (χ4v) is 4.46. The molecule has 0 heterocycles. The van der Waals surface area contributed by atoms with Gasteiger partial charge in [-0.05, 0) is 48.9 Å². The maximum absolute atomic E-state index is 2.29. The molecule has 0 N–H and O–H groups in total. The zero-order chi connectivity index (χ0) is 15.8. The minimum atomic E-state index is -0.0249. The summed E-state index contributed by atoms with van der Waals surface area (Å²) >= 11 is 0. The van der Waals surface area contributed by atoms with Crippen LogP contribution >= 0.6 is 0 Å². The van der Waals surface area contributed by atoms with Crippen molar-refractivity contribution in [2.24, 2.45) is 0 Å². The van der Waals surface area contributed by atoms with Crippen LogP contribution in [-0.4, -0.2) is 0 Å². The third-order valence-corrected chi connectivity index (χ3v) is 5.40. The van der Waals surface area contributed by atoms with E-state index < -0.39 is 0 Å². The summed E-state index contributed by atoms with van der Waals surface area (Å²) in [5, 5.41) is 0. The van der Waals surface area contributed by atoms with Gasteiger partial charge in [-0.15, -0.1) is 0 Å². The molecule has 0 spiro atoms. The summed E-state index contributed by atoms with van der Waals surface area (Å²) in [5.41, 5.74) is 1.31. The molecule has 0 aromatic heterocycles. The van der Waals surface area contributed by atoms with E-state index in [9.17, 15) is 0 Å². The van der Waals surface area contributed by atoms with Crippen LogP contribution in [0.5, 0.6) is 0 Å². The van der Waals surface area contributed by atoms with Gasteiger partial charge in [0.2, 0.25) is 0 Å². The van der Waals surface area contributed by atoms with Gasteiger partial charge in [0.05, 0.1) is 10.9 Å². The second-order valence-electron chi connectivity index (χ2n) is 4.75. The summed E-state index contributed by atoms with van der Waals surface area (Å²) in [5.74, 6) is 0. The number of rotatable bonds is 3. The molecule has 3 rings (SSSR count). The van der Waals surface area contributed by atoms with Crippen LogP contribution in [0.4, 0.5) is 0 Å². The van der Waals surface area contributed by atoms with E-state index in [0.717, 1.165) is 0 Å². The second kappa shape index (κ2) is 8.45. The molecule has 22 heavy (non-hydrogen) atoms. The fraction of sp³-hybridized carbons (Fsp3) is 0.143. The highest BCUT2D eigenvalue weighted by atomic mass is 32.2. The van der Waals surface area contributed by atoms with Crippen LogP contribution in [0, 0.1) is 6.92 Å². The molecule has 0 saturated carbocycles. The van der Waals surface area contributed by atoms with Crippen LogP contribution in [0.2, 0.25) is 0 Å². The predicted molar refractivity (Wildman–Crippen MR) is 97.6 cm³/mol. The maximum Gasteiger partial charge on any atom is 0.166 e. The Morgan fingerprint density at radius 2 is 1.00 bits per heavy atom. The van der Waals surface area contributed by atoms with Crippen LogP contribution in [0.25, 0.3) is 0 Å². The topological polar surface area (TPSA) is 0 Å². The van der Waals surface area contributed by atoms with E-state index in [1.54, 1.807) is 0 Å². The van der Waals surface area contributed by atoms with Crippen LogP contribution in [0.3, 0.4) is 0 Å². The van der Waals surface area contributed by atoms with E-state index in [2.05, 4.69) is 91.9 Å². The Labute approximate surface area is 137 Å². The van der Waals surface area contributed by atoms with Crippen LogP contribution < -0.4 is 0 Å². The molecule has 0 saturated heterocycles. The average Bonchev–Trinajstić information content (AvgIpc) is 2.59. The highest BCUT2D eigenvalue weighted by Gasteiger charge is 2.27. The molecule has 0 atom stereocenters. The molecule has 0 fully saturated rings. The van der Waals surface area contributed by atoms with Crippen molar-refractivity contribution in [3.05, 3.63) is 90.5 Å². The SMILES string of the molecule is CC.Cc1cccc([S+](c2ccccc2)c2ccccc2)c1. The lowest BCUT2D eigenvalue weighted by Crippen LogP contribution is -2.04. The van der Waals surface area contributed by atoms with Gasteiger partial charge in [-0.1, -0.05) is 62.4 Å². The van der Waals surface area contributed by atoms with E-state index in [1.165, 1.54) is 20.2 Å². The summed E-state index contributed by atoms with van der Waals surface area (Å²) < 4.78 is 0. The zero-order valence-corrected chi connectivity index (χ0v) is 14.3. The minimum absolute atomic E-state index is 0.0249. The first-order valence-corrected chi connectivity index (χ1v) is 8.98. The molecule has 0 bridgehead atoms. The molecular weight excluding hydrogens is 284 g/mol. The number of benzene rings is 3. The van der Waals surface area contributed by atoms with Crippen molar-refractivity contribution in [1.82, 2.24) is 0 Å². The molecule has 0 aliphatic heterocycles. The zero-order valence-electron chi connectivity index (χ0n) is 13.5. The van der Waals surface area contributed by atoms with Crippen molar-refractivity contribution in [3.63, 3.8) is 0 Å². The second-order valence-corrected chi connectivity index (χ2v) is 6.78. The Balaban J connectivity index is 0.000000847. The van der Waals surface area contributed by atoms with Gasteiger partial charge in [-0.2, -0.15) is 0 Å². The average molecular weight is 307 g/mol. The smallest absolute Gasteiger partial charge is 0.0683 e. The van der Waals surface area contributed by atoms with Gasteiger partial charge in [0, 0.05) is 0 Å². The summed E-state index contributed by atoms with van der Waals surface area (Å²) in [4.78, 5) is 4.11. The van der Waals surface area contributed by atoms with E-state index in [-0.39, 0.29) is 10.9 Å². The highest BCUT2D eigenvalue weighted by Crippen LogP contribution is 2.31. The maximum atomic E-state index is 2.29. The lowest BCUT2D eigenvalue weighted by molar-refractivity contribution is 1.29. The Kier molecular flexibility index (Phi) is 6.29. The number of hydrogen-bond acceptors (Lipinski definition) is 0. The summed E-state index contributed by atoms with van der Waals surface area (Å²) in [6.45, 7) is 6.15. The van der Waals surface area contributed by atoms with Gasteiger partial charge in [-0.25, -0.2) is 0 Å². The predicted octanol–water partition coefficient (Wildman–Crippen LogP) is 6.12. The third-order valence-electron chi connectivity index (χ3n) is 3.18. The van der Waals surface area contributed by atoms with Crippen LogP contribution in [0.1, 0.15) is 19.4 Å². The van der Waals surface area contributed by atoms with Gasteiger partial charge in [-0.3, -0.25) is 0 Å². The van der Waals surface area contributed by atoms with Crippen molar-refractivity contribution < 1.29 is 0 Å². The summed E-state index contributed by atoms with van der Waals surface area (Å²) in [6.07, 6.45) is 0. The van der Waals surface area contributed by atoms with Gasteiger partial charge < -0.3 is 0 Å². The first kappa shape index (κ1) is 16.4. The quantitative estimate of drug-likeness (QED) is 0.512. The van der Waals surface area contributed by atoms with E-state index in [4.69, 9.17) is 0 Å². The van der Waals surface area contributed by atoms with Crippen LogP contribution in [0.15, 0.2) is 99.6 Å². The number of aryl methyl sites for hydroxylation is 1. The largest absolute Gasteiger partial charge is 0.166 e. The molecule has 1 heteroatoms. The molecule has 0 nitrogen and oxygen atoms in total. The fourth-order valence-electron chi connectivity index (χ4n) is 2.26. The monoisotopic (exact) mass is 307 g/mol. The standard InChI is InChI=1S/C19H17S.C2H6/c1-16-9-8-14-19(15-16)20(17-10-4-2-5-11-17)18-12-6-3-7-13-18;1-2/h2-15H,1H3;1-2H3/q+1;. The van der Waals surface area contributed by atoms with Crippen molar-refractivity contribution in [2.75, 3.05) is 0 Å². The lowest BCUT2D eigenvalue weighted by atomic mass is 10.2. The molecule has 0 aliphatic carbocycles. The minimum Gasteiger partial charge on any atom is -0.0683 e. The van der Waals surface area contributed by atoms with E-state index >= 15 is 0 Å². The van der Waals surface area contributed by atoms with Gasteiger partial charge in [0.25, 0.3) is 0 Å². The molecule has 0 aliphatic rings. The van der Waals surface area contributed by atoms with Gasteiger partial charge >= 0.3 is 0 Å². The van der Waals surface area contributed by atoms with Crippen LogP contribution in [-0.2, 0) is 10.9 Å². The Bertz CT molecular complexity index is 635. The highest BCUT2D eigenvalue weighted by molar-refractivity contribution is 7.97. The molecule has 0 radical (unpaired) electrons. The molecule has 3 aromatic rings. The van der Waals surface area contributed by atoms with E-state index in [0.29, 0.717) is 0 Å². The molecule has 112 valence electrons. The third kappa shape index (κ3) is 4.02. The van der Waals surface area contributed by atoms with E-state index in [1.807, 2.05) is 13.8 Å². The van der Waals surface area contributed by atoms with Crippen molar-refractivity contribution in [3.8, 4) is 0 Å². The molecule has 0 amide bonds. The first-order valence-electron chi connectivity index (χ1n) is 7.76. The number of hydrogen-bond donors (Lipinski definition) is 0. The summed E-state index contributed by atoms with van der Waals surface area (Å²) in [6, 6.07) is 30.3. The Morgan fingerprint density at radius 1 is 0.545 bits per heavy atom. The van der Waals surface area contributed by atoms with Crippen molar-refractivity contribution in [1.29, 1.82) is 0 Å². The Morgan fingerprint density at radius 3 is 1.45 bits per heavy atom. The van der Waals surface area contributed by atoms with Crippen molar-refractivity contribution >= 4 is 10.9 Å². The Hall–Kier alpha value is -1.99. The normalized spacial score (nSPS) is 10.0. The van der Waals surface area contributed by atoms with Crippen molar-refractivity contribution in [2.45, 2.75) is 35.5 Å².